The first-order chi connectivity index (χ1) is 16.0. The Kier molecular flexibility index (Phi) is 6.40. The Bertz CT molecular complexity index is 1440. The zero-order valence-corrected chi connectivity index (χ0v) is 21.0. The summed E-state index contributed by atoms with van der Waals surface area (Å²) in [6.45, 7) is 8.68. The Morgan fingerprint density at radius 3 is 2.59 bits per heavy atom. The molecule has 0 saturated carbocycles. The molecule has 0 atom stereocenters. The van der Waals surface area contributed by atoms with E-state index < -0.39 is 9.84 Å². The minimum atomic E-state index is -2.97. The van der Waals surface area contributed by atoms with Crippen molar-refractivity contribution in [1.29, 1.82) is 5.26 Å². The van der Waals surface area contributed by atoms with Crippen LogP contribution in [0, 0.1) is 16.7 Å². The lowest BCUT2D eigenvalue weighted by Gasteiger charge is -2.20. The number of aromatic nitrogens is 3. The predicted molar refractivity (Wildman–Crippen MR) is 133 cm³/mol. The van der Waals surface area contributed by atoms with Crippen molar-refractivity contribution in [3.05, 3.63) is 51.9 Å². The van der Waals surface area contributed by atoms with Crippen LogP contribution in [0.15, 0.2) is 35.1 Å². The molecule has 3 aromatic rings. The van der Waals surface area contributed by atoms with Gasteiger partial charge in [0.1, 0.15) is 0 Å². The summed E-state index contributed by atoms with van der Waals surface area (Å²) in [6.07, 6.45) is 0.628. The molecule has 8 nitrogen and oxygen atoms in total. The fraction of sp³-hybridized carbons (Fsp3) is 0.480. The van der Waals surface area contributed by atoms with Crippen molar-refractivity contribution >= 4 is 21.0 Å². The van der Waals surface area contributed by atoms with Crippen molar-refractivity contribution < 1.29 is 8.42 Å². The van der Waals surface area contributed by atoms with Gasteiger partial charge in [0.05, 0.1) is 34.3 Å². The SMILES string of the molecule is Cn1c(=O)n(CC(C)(C)C)c2ccc(-c3cc(CN4CCCS(=O)(=O)CC4)ccc3C#N)nc21. The van der Waals surface area contributed by atoms with Crippen molar-refractivity contribution in [3.8, 4) is 17.3 Å². The molecule has 1 saturated heterocycles. The predicted octanol–water partition coefficient (Wildman–Crippen LogP) is 2.94. The number of fused-ring (bicyclic) bond motifs is 1. The van der Waals surface area contributed by atoms with Crippen LogP contribution in [0.3, 0.4) is 0 Å². The maximum absolute atomic E-state index is 12.9. The fourth-order valence-corrected chi connectivity index (χ4v) is 5.77. The Morgan fingerprint density at radius 1 is 1.12 bits per heavy atom. The molecule has 0 N–H and O–H groups in total. The molecule has 0 spiro atoms. The smallest absolute Gasteiger partial charge is 0.298 e. The molecule has 0 amide bonds. The molecule has 1 fully saturated rings. The van der Waals surface area contributed by atoms with Crippen LogP contribution in [0.2, 0.25) is 0 Å². The third kappa shape index (κ3) is 5.08. The van der Waals surface area contributed by atoms with Gasteiger partial charge in [-0.25, -0.2) is 18.2 Å². The lowest BCUT2D eigenvalue weighted by Crippen LogP contribution is -2.27. The van der Waals surface area contributed by atoms with E-state index in [4.69, 9.17) is 4.98 Å². The van der Waals surface area contributed by atoms with Crippen molar-refractivity contribution in [2.24, 2.45) is 12.5 Å². The second kappa shape index (κ2) is 9.01. The van der Waals surface area contributed by atoms with Crippen LogP contribution in [0.5, 0.6) is 0 Å². The van der Waals surface area contributed by atoms with Gasteiger partial charge in [-0.1, -0.05) is 26.8 Å². The molecule has 1 aliphatic heterocycles. The monoisotopic (exact) mass is 481 g/mol. The van der Waals surface area contributed by atoms with Gasteiger partial charge in [-0.05, 0) is 48.2 Å². The third-order valence-electron chi connectivity index (χ3n) is 6.15. The number of aryl methyl sites for hydroxylation is 1. The summed E-state index contributed by atoms with van der Waals surface area (Å²) in [5.41, 5.74) is 4.02. The van der Waals surface area contributed by atoms with E-state index in [-0.39, 0.29) is 22.6 Å². The molecule has 2 aromatic heterocycles. The summed E-state index contributed by atoms with van der Waals surface area (Å²) in [5.74, 6) is 0.410. The van der Waals surface area contributed by atoms with E-state index in [0.717, 1.165) is 17.6 Å². The minimum Gasteiger partial charge on any atom is -0.298 e. The maximum atomic E-state index is 12.9. The van der Waals surface area contributed by atoms with Gasteiger partial charge < -0.3 is 0 Å². The summed E-state index contributed by atoms with van der Waals surface area (Å²) in [4.78, 5) is 19.8. The van der Waals surface area contributed by atoms with Crippen molar-refractivity contribution in [2.45, 2.75) is 40.3 Å². The Labute approximate surface area is 200 Å². The highest BCUT2D eigenvalue weighted by atomic mass is 32.2. The highest BCUT2D eigenvalue weighted by Gasteiger charge is 2.21. The van der Waals surface area contributed by atoms with Gasteiger partial charge in [-0.3, -0.25) is 14.0 Å². The first kappa shape index (κ1) is 24.2. The average Bonchev–Trinajstić information content (AvgIpc) is 2.89. The number of imidazole rings is 1. The summed E-state index contributed by atoms with van der Waals surface area (Å²) in [6, 6.07) is 11.7. The third-order valence-corrected chi connectivity index (χ3v) is 7.86. The van der Waals surface area contributed by atoms with E-state index in [9.17, 15) is 18.5 Å². The summed E-state index contributed by atoms with van der Waals surface area (Å²) in [7, 11) is -1.25. The van der Waals surface area contributed by atoms with Crippen molar-refractivity contribution in [2.75, 3.05) is 24.6 Å². The van der Waals surface area contributed by atoms with Crippen LogP contribution in [0.25, 0.3) is 22.4 Å². The fourth-order valence-electron chi connectivity index (χ4n) is 4.46. The standard InChI is InChI=1S/C25H31N5O3S/c1-25(2,3)17-30-22-9-8-21(27-23(22)28(4)24(30)31)20-14-18(6-7-19(20)15-26)16-29-10-5-12-34(32,33)13-11-29/h6-9,14H,5,10-13,16-17H2,1-4H3. The van der Waals surface area contributed by atoms with E-state index in [1.54, 1.807) is 22.2 Å². The van der Waals surface area contributed by atoms with Gasteiger partial charge in [0.25, 0.3) is 0 Å². The number of sulfone groups is 1. The van der Waals surface area contributed by atoms with Gasteiger partial charge in [-0.2, -0.15) is 5.26 Å². The molecule has 0 aliphatic carbocycles. The van der Waals surface area contributed by atoms with Crippen LogP contribution < -0.4 is 5.69 Å². The summed E-state index contributed by atoms with van der Waals surface area (Å²) < 4.78 is 27.2. The number of rotatable bonds is 4. The molecule has 0 radical (unpaired) electrons. The average molecular weight is 482 g/mol. The number of nitriles is 1. The van der Waals surface area contributed by atoms with Gasteiger partial charge in [0.2, 0.25) is 0 Å². The second-order valence-electron chi connectivity index (χ2n) is 10.3. The van der Waals surface area contributed by atoms with Gasteiger partial charge in [-0.15, -0.1) is 0 Å². The van der Waals surface area contributed by atoms with E-state index in [0.29, 0.717) is 48.5 Å². The van der Waals surface area contributed by atoms with Crippen LogP contribution in [0.1, 0.15) is 38.3 Å². The molecule has 4 rings (SSSR count). The Hall–Kier alpha value is -2.96. The van der Waals surface area contributed by atoms with Crippen molar-refractivity contribution in [3.63, 3.8) is 0 Å². The molecule has 1 aliphatic rings. The molecule has 0 unspecified atom stereocenters. The van der Waals surface area contributed by atoms with Gasteiger partial charge >= 0.3 is 5.69 Å². The largest absolute Gasteiger partial charge is 0.330 e. The number of benzene rings is 1. The van der Waals surface area contributed by atoms with Crippen LogP contribution in [0.4, 0.5) is 0 Å². The summed E-state index contributed by atoms with van der Waals surface area (Å²) >= 11 is 0. The topological polar surface area (TPSA) is 101 Å². The first-order valence-corrected chi connectivity index (χ1v) is 13.3. The molecule has 34 heavy (non-hydrogen) atoms. The van der Waals surface area contributed by atoms with E-state index >= 15 is 0 Å². The molecule has 3 heterocycles. The number of hydrogen-bond acceptors (Lipinski definition) is 6. The molecular weight excluding hydrogens is 450 g/mol. The first-order valence-electron chi connectivity index (χ1n) is 11.5. The van der Waals surface area contributed by atoms with Crippen molar-refractivity contribution in [1.82, 2.24) is 19.0 Å². The second-order valence-corrected chi connectivity index (χ2v) is 12.6. The molecule has 1 aromatic carbocycles. The van der Waals surface area contributed by atoms with Crippen LogP contribution in [-0.2, 0) is 30.0 Å². The molecular formula is C25H31N5O3S. The quantitative estimate of drug-likeness (QED) is 0.568. The van der Waals surface area contributed by atoms with E-state index in [1.807, 2.05) is 24.3 Å². The number of nitrogens with zero attached hydrogens (tertiary/aromatic N) is 5. The number of pyridine rings is 1. The molecule has 0 bridgehead atoms. The minimum absolute atomic E-state index is 0.0637. The van der Waals surface area contributed by atoms with Crippen LogP contribution in [-0.4, -0.2) is 52.0 Å². The zero-order chi connectivity index (χ0) is 24.7. The number of hydrogen-bond donors (Lipinski definition) is 0. The van der Waals surface area contributed by atoms with E-state index in [2.05, 4.69) is 31.7 Å². The summed E-state index contributed by atoms with van der Waals surface area (Å²) in [5, 5.41) is 9.72. The Morgan fingerprint density at radius 2 is 1.88 bits per heavy atom. The molecule has 180 valence electrons. The lowest BCUT2D eigenvalue weighted by molar-refractivity contribution is 0.287. The highest BCUT2D eigenvalue weighted by Crippen LogP contribution is 2.27. The van der Waals surface area contributed by atoms with Gasteiger partial charge in [0.15, 0.2) is 15.5 Å². The lowest BCUT2D eigenvalue weighted by atomic mass is 9.97. The normalized spacial score (nSPS) is 16.9. The maximum Gasteiger partial charge on any atom is 0.330 e. The Balaban J connectivity index is 1.71. The highest BCUT2D eigenvalue weighted by molar-refractivity contribution is 7.91. The zero-order valence-electron chi connectivity index (χ0n) is 20.2. The molecule has 9 heteroatoms. The van der Waals surface area contributed by atoms with Crippen LogP contribution >= 0.6 is 0 Å². The van der Waals surface area contributed by atoms with E-state index in [1.165, 1.54) is 0 Å². The van der Waals surface area contributed by atoms with Gasteiger partial charge in [0, 0.05) is 32.2 Å².